The second kappa shape index (κ2) is 9.49. The molecule has 170 valence electrons. The minimum Gasteiger partial charge on any atom is -0.484 e. The van der Waals surface area contributed by atoms with Crippen LogP contribution in [0.2, 0.25) is 0 Å². The van der Waals surface area contributed by atoms with E-state index in [-0.39, 0.29) is 12.5 Å². The highest BCUT2D eigenvalue weighted by Crippen LogP contribution is 2.37. The molecule has 0 spiro atoms. The Balaban J connectivity index is 1.55. The molecule has 3 N–H and O–H groups in total. The molecule has 1 aliphatic carbocycles. The third-order valence-electron chi connectivity index (χ3n) is 5.73. The van der Waals surface area contributed by atoms with Crippen LogP contribution in [0.15, 0.2) is 66.0 Å². The van der Waals surface area contributed by atoms with Gasteiger partial charge >= 0.3 is 0 Å². The molecule has 0 unspecified atom stereocenters. The lowest BCUT2D eigenvalue weighted by atomic mass is 9.86. The molecule has 2 amide bonds. The number of benzene rings is 2. The molecule has 1 aliphatic rings. The van der Waals surface area contributed by atoms with Crippen molar-refractivity contribution in [3.8, 4) is 5.75 Å². The number of carbonyl (C=O) groups is 2. The molecule has 4 aromatic rings. The standard InChI is InChI=1S/C27H23N3O3S/c28-24(31)16-33-19-8-4-7-18(15-19)29-27(32)25-21-10-1-2-12-23(21)30-26-17(6-3-11-22(25)26)14-20-9-5-13-34-20/h1-2,4-5,7-10,12-15H,3,6,11,16H2,(H2,28,31)(H,29,32)/b17-14+. The van der Waals surface area contributed by atoms with Crippen LogP contribution >= 0.6 is 11.3 Å². The summed E-state index contributed by atoms with van der Waals surface area (Å²) in [5.41, 5.74) is 10.2. The summed E-state index contributed by atoms with van der Waals surface area (Å²) in [6.45, 7) is -0.223. The quantitative estimate of drug-likeness (QED) is 0.401. The second-order valence-corrected chi connectivity index (χ2v) is 9.09. The number of pyridine rings is 1. The normalized spacial score (nSPS) is 14.1. The van der Waals surface area contributed by atoms with Crippen molar-refractivity contribution in [3.05, 3.63) is 87.7 Å². The maximum absolute atomic E-state index is 13.6. The highest BCUT2D eigenvalue weighted by atomic mass is 32.1. The largest absolute Gasteiger partial charge is 0.484 e. The first-order valence-corrected chi connectivity index (χ1v) is 11.9. The van der Waals surface area contributed by atoms with Gasteiger partial charge in [-0.3, -0.25) is 9.59 Å². The number of para-hydroxylation sites is 1. The molecule has 0 saturated heterocycles. The predicted octanol–water partition coefficient (Wildman–Crippen LogP) is 5.29. The summed E-state index contributed by atoms with van der Waals surface area (Å²) >= 11 is 1.69. The number of rotatable bonds is 6. The number of carbonyl (C=O) groups excluding carboxylic acids is 2. The Kier molecular flexibility index (Phi) is 6.10. The van der Waals surface area contributed by atoms with Crippen LogP contribution in [0.3, 0.4) is 0 Å². The van der Waals surface area contributed by atoms with E-state index in [9.17, 15) is 9.59 Å². The number of thiophene rings is 1. The Morgan fingerprint density at radius 2 is 1.97 bits per heavy atom. The van der Waals surface area contributed by atoms with Crippen LogP contribution in [-0.4, -0.2) is 23.4 Å². The molecule has 0 radical (unpaired) electrons. The van der Waals surface area contributed by atoms with Gasteiger partial charge in [0.05, 0.1) is 16.8 Å². The van der Waals surface area contributed by atoms with Crippen molar-refractivity contribution in [2.45, 2.75) is 19.3 Å². The Labute approximate surface area is 201 Å². The summed E-state index contributed by atoms with van der Waals surface area (Å²) in [6, 6.07) is 18.8. The minimum atomic E-state index is -0.560. The van der Waals surface area contributed by atoms with E-state index in [1.807, 2.05) is 30.3 Å². The number of fused-ring (bicyclic) bond motifs is 2. The lowest BCUT2D eigenvalue weighted by Gasteiger charge is -2.22. The van der Waals surface area contributed by atoms with Gasteiger partial charge in [0.25, 0.3) is 11.8 Å². The average molecular weight is 470 g/mol. The third-order valence-corrected chi connectivity index (χ3v) is 6.55. The fraction of sp³-hybridized carbons (Fsp3) is 0.148. The van der Waals surface area contributed by atoms with Crippen LogP contribution in [0.5, 0.6) is 5.75 Å². The Morgan fingerprint density at radius 3 is 2.79 bits per heavy atom. The van der Waals surface area contributed by atoms with Gasteiger partial charge in [-0.25, -0.2) is 4.98 Å². The van der Waals surface area contributed by atoms with E-state index in [4.69, 9.17) is 15.5 Å². The van der Waals surface area contributed by atoms with Gasteiger partial charge in [-0.15, -0.1) is 11.3 Å². The summed E-state index contributed by atoms with van der Waals surface area (Å²) in [5, 5.41) is 5.90. The molecule has 0 saturated carbocycles. The lowest BCUT2D eigenvalue weighted by Crippen LogP contribution is -2.20. The molecule has 7 heteroatoms. The van der Waals surface area contributed by atoms with Crippen molar-refractivity contribution in [1.82, 2.24) is 4.98 Å². The molecule has 34 heavy (non-hydrogen) atoms. The van der Waals surface area contributed by atoms with Crippen molar-refractivity contribution in [3.63, 3.8) is 0 Å². The van der Waals surface area contributed by atoms with E-state index in [2.05, 4.69) is 22.8 Å². The SMILES string of the molecule is NC(=O)COc1cccc(NC(=O)c2c3c(nc4ccccc24)/C(=C/c2cccs2)CCC3)c1. The van der Waals surface area contributed by atoms with Gasteiger partial charge in [0, 0.05) is 22.0 Å². The van der Waals surface area contributed by atoms with Crippen molar-refractivity contribution < 1.29 is 14.3 Å². The summed E-state index contributed by atoms with van der Waals surface area (Å²) in [5.74, 6) is -0.297. The van der Waals surface area contributed by atoms with E-state index in [1.165, 1.54) is 4.88 Å². The van der Waals surface area contributed by atoms with Crippen molar-refractivity contribution in [2.24, 2.45) is 5.73 Å². The van der Waals surface area contributed by atoms with Crippen LogP contribution in [0.1, 0.15) is 39.3 Å². The van der Waals surface area contributed by atoms with Gasteiger partial charge in [0.1, 0.15) is 5.75 Å². The van der Waals surface area contributed by atoms with E-state index in [0.29, 0.717) is 17.0 Å². The van der Waals surface area contributed by atoms with Gasteiger partial charge < -0.3 is 15.8 Å². The molecule has 0 fully saturated rings. The number of anilines is 1. The zero-order chi connectivity index (χ0) is 23.5. The summed E-state index contributed by atoms with van der Waals surface area (Å²) in [4.78, 5) is 30.8. The average Bonchev–Trinajstić information content (AvgIpc) is 3.35. The van der Waals surface area contributed by atoms with Gasteiger partial charge in [0.2, 0.25) is 0 Å². The highest BCUT2D eigenvalue weighted by Gasteiger charge is 2.25. The van der Waals surface area contributed by atoms with E-state index >= 15 is 0 Å². The first-order chi connectivity index (χ1) is 16.6. The lowest BCUT2D eigenvalue weighted by molar-refractivity contribution is -0.119. The minimum absolute atomic E-state index is 0.195. The smallest absolute Gasteiger partial charge is 0.256 e. The molecular weight excluding hydrogens is 446 g/mol. The number of aromatic nitrogens is 1. The van der Waals surface area contributed by atoms with E-state index in [0.717, 1.165) is 47.0 Å². The number of allylic oxidation sites excluding steroid dienone is 1. The number of primary amides is 1. The Morgan fingerprint density at radius 1 is 1.09 bits per heavy atom. The molecule has 0 bridgehead atoms. The summed E-state index contributed by atoms with van der Waals surface area (Å²) in [6.07, 6.45) is 4.86. The second-order valence-electron chi connectivity index (χ2n) is 8.11. The first-order valence-electron chi connectivity index (χ1n) is 11.1. The molecule has 2 heterocycles. The van der Waals surface area contributed by atoms with Gasteiger partial charge in [-0.1, -0.05) is 30.3 Å². The van der Waals surface area contributed by atoms with Crippen molar-refractivity contribution >= 4 is 51.4 Å². The van der Waals surface area contributed by atoms with Crippen LogP contribution in [-0.2, 0) is 11.2 Å². The van der Waals surface area contributed by atoms with Crippen molar-refractivity contribution in [1.29, 1.82) is 0 Å². The molecule has 6 nitrogen and oxygen atoms in total. The molecular formula is C27H23N3O3S. The molecule has 2 aromatic carbocycles. The van der Waals surface area contributed by atoms with Gasteiger partial charge in [0.15, 0.2) is 6.61 Å². The summed E-state index contributed by atoms with van der Waals surface area (Å²) < 4.78 is 5.38. The summed E-state index contributed by atoms with van der Waals surface area (Å²) in [7, 11) is 0. The van der Waals surface area contributed by atoms with Crippen LogP contribution in [0.25, 0.3) is 22.6 Å². The number of amides is 2. The number of ether oxygens (including phenoxy) is 1. The Hall–Kier alpha value is -3.97. The molecule has 2 aromatic heterocycles. The maximum Gasteiger partial charge on any atom is 0.256 e. The fourth-order valence-electron chi connectivity index (χ4n) is 4.29. The van der Waals surface area contributed by atoms with Crippen LogP contribution in [0.4, 0.5) is 5.69 Å². The van der Waals surface area contributed by atoms with Crippen LogP contribution < -0.4 is 15.8 Å². The molecule has 5 rings (SSSR count). The maximum atomic E-state index is 13.6. The topological polar surface area (TPSA) is 94.3 Å². The number of nitrogens with one attached hydrogen (secondary N) is 1. The zero-order valence-corrected chi connectivity index (χ0v) is 19.2. The number of nitrogens with zero attached hydrogens (tertiary/aromatic N) is 1. The Bertz CT molecular complexity index is 1410. The third kappa shape index (κ3) is 4.56. The monoisotopic (exact) mass is 469 g/mol. The molecule has 0 atom stereocenters. The van der Waals surface area contributed by atoms with Crippen LogP contribution in [0, 0.1) is 0 Å². The van der Waals surface area contributed by atoms with Gasteiger partial charge in [-0.2, -0.15) is 0 Å². The first kappa shape index (κ1) is 21.9. The van der Waals surface area contributed by atoms with E-state index in [1.54, 1.807) is 35.6 Å². The van der Waals surface area contributed by atoms with Gasteiger partial charge in [-0.05, 0) is 66.1 Å². The molecule has 0 aliphatic heterocycles. The van der Waals surface area contributed by atoms with Crippen molar-refractivity contribution in [2.75, 3.05) is 11.9 Å². The highest BCUT2D eigenvalue weighted by molar-refractivity contribution is 7.10. The number of hydrogen-bond acceptors (Lipinski definition) is 5. The number of hydrogen-bond donors (Lipinski definition) is 2. The van der Waals surface area contributed by atoms with E-state index < -0.39 is 5.91 Å². The zero-order valence-electron chi connectivity index (χ0n) is 18.4. The predicted molar refractivity (Wildman–Crippen MR) is 136 cm³/mol. The fourth-order valence-corrected chi connectivity index (χ4v) is 4.97. The number of nitrogens with two attached hydrogens (primary N) is 1.